The molecule has 9 nitrogen and oxygen atoms in total. The van der Waals surface area contributed by atoms with Crippen molar-refractivity contribution in [3.05, 3.63) is 53.9 Å². The van der Waals surface area contributed by atoms with Crippen LogP contribution in [0.25, 0.3) is 0 Å². The maximum Gasteiger partial charge on any atom is 0.267 e. The van der Waals surface area contributed by atoms with E-state index in [1.54, 1.807) is 6.07 Å². The van der Waals surface area contributed by atoms with Crippen LogP contribution in [0.2, 0.25) is 0 Å². The van der Waals surface area contributed by atoms with Gasteiger partial charge < -0.3 is 25.7 Å². The molecule has 2 amide bonds. The number of hydrogen-bond acceptors (Lipinski definition) is 7. The van der Waals surface area contributed by atoms with Crippen molar-refractivity contribution in [3.8, 4) is 5.75 Å². The summed E-state index contributed by atoms with van der Waals surface area (Å²) >= 11 is 0. The molecule has 2 aromatic rings. The fourth-order valence-corrected chi connectivity index (χ4v) is 3.25. The number of carbonyl (C=O) groups is 2. The van der Waals surface area contributed by atoms with Gasteiger partial charge in [0.2, 0.25) is 5.82 Å². The van der Waals surface area contributed by atoms with Gasteiger partial charge in [-0.15, -0.1) is 0 Å². The van der Waals surface area contributed by atoms with E-state index in [4.69, 9.17) is 20.4 Å². The molecule has 2 aliphatic rings. The van der Waals surface area contributed by atoms with Gasteiger partial charge in [0, 0.05) is 17.8 Å². The normalized spacial score (nSPS) is 19.7. The minimum absolute atomic E-state index is 0.0124. The lowest BCUT2D eigenvalue weighted by Crippen LogP contribution is -2.28. The molecule has 34 heavy (non-hydrogen) atoms. The zero-order valence-electron chi connectivity index (χ0n) is 18.5. The first-order chi connectivity index (χ1) is 16.3. The molecule has 1 aromatic carbocycles. The van der Waals surface area contributed by atoms with E-state index in [1.165, 1.54) is 24.4 Å². The Morgan fingerprint density at radius 2 is 2.03 bits per heavy atom. The molecule has 1 aliphatic carbocycles. The van der Waals surface area contributed by atoms with Crippen LogP contribution < -0.4 is 15.8 Å². The van der Waals surface area contributed by atoms with E-state index in [0.29, 0.717) is 17.8 Å². The number of oxime groups is 1. The molecule has 4 N–H and O–H groups in total. The Bertz CT molecular complexity index is 1060. The van der Waals surface area contributed by atoms with Crippen LogP contribution in [0.5, 0.6) is 5.75 Å². The van der Waals surface area contributed by atoms with Gasteiger partial charge in [0.1, 0.15) is 18.4 Å². The molecule has 2 heterocycles. The number of pyridine rings is 1. The highest BCUT2D eigenvalue weighted by atomic mass is 19.2. The van der Waals surface area contributed by atoms with Crippen molar-refractivity contribution in [2.75, 3.05) is 11.9 Å². The van der Waals surface area contributed by atoms with Gasteiger partial charge >= 0.3 is 0 Å². The maximum absolute atomic E-state index is 13.2. The summed E-state index contributed by atoms with van der Waals surface area (Å²) in [5.74, 6) is -2.75. The summed E-state index contributed by atoms with van der Waals surface area (Å²) in [7, 11) is 0. The number of nitrogens with two attached hydrogens (primary N) is 1. The van der Waals surface area contributed by atoms with E-state index < -0.39 is 23.6 Å². The third kappa shape index (κ3) is 6.95. The van der Waals surface area contributed by atoms with Crippen LogP contribution in [0.15, 0.2) is 41.7 Å². The third-order valence-electron chi connectivity index (χ3n) is 5.27. The standard InChI is InChI=1S/C12H15N3O3.C11H11F2NO2/c1-7-2-3-10(18-7)12(17)15-8-4-5-14-9(6-8)11(13)16;12-8-2-1-3-10(11(8)13)16-6-9(14-15)7-4-5-7/h4-7,10H,2-3H2,1H3,(H2,13,16)(H,14,15,17);1-3,7,15H,4-6H2/b;14-9-. The lowest BCUT2D eigenvalue weighted by atomic mass is 10.2. The molecule has 2 unspecified atom stereocenters. The Morgan fingerprint density at radius 1 is 1.26 bits per heavy atom. The zero-order valence-corrected chi connectivity index (χ0v) is 18.5. The number of carbonyl (C=O) groups excluding carboxylic acids is 2. The number of rotatable bonds is 7. The molecule has 2 fully saturated rings. The molecule has 0 spiro atoms. The van der Waals surface area contributed by atoms with E-state index in [1.807, 2.05) is 6.92 Å². The molecule has 0 bridgehead atoms. The molecule has 1 saturated heterocycles. The number of nitrogens with zero attached hydrogens (tertiary/aromatic N) is 2. The van der Waals surface area contributed by atoms with E-state index >= 15 is 0 Å². The predicted octanol–water partition coefficient (Wildman–Crippen LogP) is 3.27. The zero-order chi connectivity index (χ0) is 24.7. The first-order valence-corrected chi connectivity index (χ1v) is 10.8. The number of aromatic nitrogens is 1. The van der Waals surface area contributed by atoms with Crippen LogP contribution in [0, 0.1) is 17.6 Å². The summed E-state index contributed by atoms with van der Waals surface area (Å²) in [5, 5.41) is 14.5. The first kappa shape index (κ1) is 25.0. The summed E-state index contributed by atoms with van der Waals surface area (Å²) in [6, 6.07) is 6.76. The predicted molar refractivity (Wildman–Crippen MR) is 119 cm³/mol. The first-order valence-electron chi connectivity index (χ1n) is 10.8. The molecule has 11 heteroatoms. The van der Waals surface area contributed by atoms with E-state index in [-0.39, 0.29) is 36.0 Å². The number of nitrogens with one attached hydrogen (secondary N) is 1. The van der Waals surface area contributed by atoms with Crippen LogP contribution in [0.4, 0.5) is 14.5 Å². The highest BCUT2D eigenvalue weighted by molar-refractivity contribution is 5.96. The molecule has 2 atom stereocenters. The van der Waals surface area contributed by atoms with Crippen molar-refractivity contribution < 1.29 is 33.1 Å². The van der Waals surface area contributed by atoms with Gasteiger partial charge in [0.15, 0.2) is 11.6 Å². The van der Waals surface area contributed by atoms with Gasteiger partial charge in [-0.05, 0) is 56.9 Å². The number of hydrogen-bond donors (Lipinski definition) is 3. The minimum atomic E-state index is -1.02. The lowest BCUT2D eigenvalue weighted by Gasteiger charge is -2.11. The highest BCUT2D eigenvalue weighted by Crippen LogP contribution is 2.31. The molecule has 182 valence electrons. The Kier molecular flexibility index (Phi) is 8.47. The van der Waals surface area contributed by atoms with Crippen molar-refractivity contribution in [1.29, 1.82) is 0 Å². The second-order valence-electron chi connectivity index (χ2n) is 8.00. The fourth-order valence-electron chi connectivity index (χ4n) is 3.25. The second kappa shape index (κ2) is 11.5. The SMILES string of the molecule is CC1CCC(C(=O)Nc2ccnc(C(N)=O)c2)O1.O/N=C(/COc1cccc(F)c1F)C1CC1. The largest absolute Gasteiger partial charge is 0.484 e. The summed E-state index contributed by atoms with van der Waals surface area (Å²) in [5.41, 5.74) is 6.20. The summed E-state index contributed by atoms with van der Waals surface area (Å²) in [4.78, 5) is 26.6. The summed E-state index contributed by atoms with van der Waals surface area (Å²) in [6.07, 6.45) is 4.60. The Hall–Kier alpha value is -3.60. The Balaban J connectivity index is 0.000000192. The van der Waals surface area contributed by atoms with Crippen molar-refractivity contribution >= 4 is 23.2 Å². The van der Waals surface area contributed by atoms with Crippen LogP contribution in [0.1, 0.15) is 43.1 Å². The molecule has 1 saturated carbocycles. The van der Waals surface area contributed by atoms with Crippen LogP contribution >= 0.6 is 0 Å². The Morgan fingerprint density at radius 3 is 2.65 bits per heavy atom. The molecular weight excluding hydrogens is 450 g/mol. The van der Waals surface area contributed by atoms with Crippen LogP contribution in [-0.2, 0) is 9.53 Å². The highest BCUT2D eigenvalue weighted by Gasteiger charge is 2.29. The number of amides is 2. The fraction of sp³-hybridized carbons (Fsp3) is 0.391. The monoisotopic (exact) mass is 476 g/mol. The maximum atomic E-state index is 13.2. The molecule has 0 radical (unpaired) electrons. The van der Waals surface area contributed by atoms with E-state index in [2.05, 4.69) is 15.5 Å². The van der Waals surface area contributed by atoms with Crippen LogP contribution in [-0.4, -0.2) is 46.5 Å². The van der Waals surface area contributed by atoms with Crippen LogP contribution in [0.3, 0.4) is 0 Å². The topological polar surface area (TPSA) is 136 Å². The average Bonchev–Trinajstić information content (AvgIpc) is 3.56. The Labute approximate surface area is 194 Å². The smallest absolute Gasteiger partial charge is 0.267 e. The number of ether oxygens (including phenoxy) is 2. The summed E-state index contributed by atoms with van der Waals surface area (Å²) < 4.78 is 36.5. The average molecular weight is 476 g/mol. The molecule has 1 aliphatic heterocycles. The van der Waals surface area contributed by atoms with Crippen molar-refractivity contribution in [2.24, 2.45) is 16.8 Å². The van der Waals surface area contributed by atoms with Gasteiger partial charge in [-0.25, -0.2) is 4.39 Å². The van der Waals surface area contributed by atoms with Gasteiger partial charge in [-0.3, -0.25) is 14.6 Å². The summed E-state index contributed by atoms with van der Waals surface area (Å²) in [6.45, 7) is 1.92. The number of halogens is 2. The number of primary amides is 1. The number of benzene rings is 1. The van der Waals surface area contributed by atoms with Gasteiger partial charge in [0.25, 0.3) is 11.8 Å². The molecule has 4 rings (SSSR count). The van der Waals surface area contributed by atoms with Gasteiger partial charge in [0.05, 0.1) is 11.8 Å². The lowest BCUT2D eigenvalue weighted by molar-refractivity contribution is -0.126. The minimum Gasteiger partial charge on any atom is -0.484 e. The third-order valence-corrected chi connectivity index (χ3v) is 5.27. The molecule has 1 aromatic heterocycles. The van der Waals surface area contributed by atoms with Crippen molar-refractivity contribution in [2.45, 2.75) is 44.8 Å². The number of anilines is 1. The second-order valence-corrected chi connectivity index (χ2v) is 8.00. The van der Waals surface area contributed by atoms with E-state index in [0.717, 1.165) is 25.3 Å². The quantitative estimate of drug-likeness (QED) is 0.319. The van der Waals surface area contributed by atoms with E-state index in [9.17, 15) is 18.4 Å². The van der Waals surface area contributed by atoms with Gasteiger partial charge in [-0.1, -0.05) is 11.2 Å². The van der Waals surface area contributed by atoms with Gasteiger partial charge in [-0.2, -0.15) is 4.39 Å². The molecular formula is C23H26F2N4O5. The van der Waals surface area contributed by atoms with Crippen molar-refractivity contribution in [1.82, 2.24) is 4.98 Å². The van der Waals surface area contributed by atoms with Crippen molar-refractivity contribution in [3.63, 3.8) is 0 Å².